The second-order valence-corrected chi connectivity index (χ2v) is 11.8. The number of aromatic nitrogens is 3. The third-order valence-electron chi connectivity index (χ3n) is 7.72. The molecule has 0 saturated heterocycles. The van der Waals surface area contributed by atoms with Crippen molar-refractivity contribution in [3.63, 3.8) is 0 Å². The zero-order valence-electron chi connectivity index (χ0n) is 26.6. The van der Waals surface area contributed by atoms with Crippen molar-refractivity contribution in [2.75, 3.05) is 17.2 Å². The minimum atomic E-state index is -4.64. The van der Waals surface area contributed by atoms with Gasteiger partial charge in [-0.3, -0.25) is 14.4 Å². The Balaban J connectivity index is 1.42. The van der Waals surface area contributed by atoms with Crippen LogP contribution in [0, 0.1) is 0 Å². The number of benzene rings is 2. The molecule has 0 unspecified atom stereocenters. The highest BCUT2D eigenvalue weighted by Crippen LogP contribution is 2.48. The molecule has 0 radical (unpaired) electrons. The Morgan fingerprint density at radius 2 is 1.57 bits per heavy atom. The predicted molar refractivity (Wildman–Crippen MR) is 173 cm³/mol. The van der Waals surface area contributed by atoms with Gasteiger partial charge in [0, 0.05) is 28.7 Å². The highest BCUT2D eigenvalue weighted by Gasteiger charge is 2.45. The van der Waals surface area contributed by atoms with Crippen LogP contribution in [0.25, 0.3) is 0 Å². The number of nitrogens with zero attached hydrogens (tertiary/aromatic N) is 3. The third-order valence-corrected chi connectivity index (χ3v) is 7.97. The molecule has 1 aromatic heterocycles. The van der Waals surface area contributed by atoms with Crippen molar-refractivity contribution in [3.05, 3.63) is 64.7 Å². The van der Waals surface area contributed by atoms with Gasteiger partial charge in [-0.1, -0.05) is 37.6 Å². The number of amides is 2. The van der Waals surface area contributed by atoms with E-state index in [0.717, 1.165) is 5.56 Å². The molecule has 2 amide bonds. The fourth-order valence-electron chi connectivity index (χ4n) is 4.75. The van der Waals surface area contributed by atoms with Gasteiger partial charge in [-0.05, 0) is 74.1 Å². The first-order chi connectivity index (χ1) is 23.2. The highest BCUT2D eigenvalue weighted by molar-refractivity contribution is 6.36. The van der Waals surface area contributed by atoms with Gasteiger partial charge in [-0.15, -0.1) is 0 Å². The summed E-state index contributed by atoms with van der Waals surface area (Å²) in [5.41, 5.74) is 0.733. The summed E-state index contributed by atoms with van der Waals surface area (Å²) in [6.07, 6.45) is -2.64. The lowest BCUT2D eigenvalue weighted by Crippen LogP contribution is -2.42. The first kappa shape index (κ1) is 36.8. The van der Waals surface area contributed by atoms with Crippen LogP contribution in [0.3, 0.4) is 0 Å². The molecule has 2 aromatic carbocycles. The van der Waals surface area contributed by atoms with Crippen LogP contribution in [-0.4, -0.2) is 68.5 Å². The molecule has 5 N–H and O–H groups in total. The molecular weight excluding hydrogens is 671 g/mol. The lowest BCUT2D eigenvalue weighted by Gasteiger charge is -2.19. The topological polar surface area (TPSA) is 185 Å². The lowest BCUT2D eigenvalue weighted by atomic mass is 10.1. The van der Waals surface area contributed by atoms with Crippen LogP contribution in [0.2, 0.25) is 5.02 Å². The van der Waals surface area contributed by atoms with E-state index in [1.54, 1.807) is 12.1 Å². The number of carboxylic acids is 1. The number of rotatable bonds is 17. The second kappa shape index (κ2) is 15.9. The minimum absolute atomic E-state index is 0.0376. The molecule has 4 rings (SSSR count). The summed E-state index contributed by atoms with van der Waals surface area (Å²) in [6.45, 7) is 2.10. The van der Waals surface area contributed by atoms with Gasteiger partial charge in [-0.25, -0.2) is 4.79 Å². The van der Waals surface area contributed by atoms with Crippen LogP contribution in [-0.2, 0) is 19.9 Å². The van der Waals surface area contributed by atoms with Gasteiger partial charge < -0.3 is 31.1 Å². The summed E-state index contributed by atoms with van der Waals surface area (Å²) in [5.74, 6) is -3.91. The maximum absolute atomic E-state index is 12.9. The summed E-state index contributed by atoms with van der Waals surface area (Å²) in [5, 5.41) is 21.1. The van der Waals surface area contributed by atoms with Crippen molar-refractivity contribution in [1.29, 1.82) is 0 Å². The SMILES string of the molecule is CCC(CC)NC(=O)C(=O)CC[C@H](NC(=O)c1ccc(Nc2nc(NC3(c4ccc(Cl)cc4)CC3)nc(OCC(F)(F)F)n2)cc1)C(=O)O. The maximum atomic E-state index is 12.9. The molecule has 3 aromatic rings. The number of hydrogen-bond acceptors (Lipinski definition) is 10. The van der Waals surface area contributed by atoms with E-state index in [1.165, 1.54) is 24.3 Å². The number of carbonyl (C=O) groups excluding carboxylic acids is 3. The van der Waals surface area contributed by atoms with E-state index < -0.39 is 53.9 Å². The molecule has 1 saturated carbocycles. The quantitative estimate of drug-likeness (QED) is 0.117. The van der Waals surface area contributed by atoms with E-state index in [1.807, 2.05) is 26.0 Å². The monoisotopic (exact) mass is 705 g/mol. The lowest BCUT2D eigenvalue weighted by molar-refractivity contribution is -0.154. The standard InChI is InChI=1S/C32H35ClF3N7O6/c1-3-21(4-2)37-26(46)24(44)14-13-23(27(47)48)39-25(45)18-5-11-22(12-6-18)38-28-40-29(42-30(41-28)49-17-32(34,35)36)43-31(15-16-31)19-7-9-20(33)10-8-19/h5-12,21,23H,3-4,13-17H2,1-2H3,(H,37,46)(H,39,45)(H,47,48)(H2,38,40,41,42,43)/t23-/m0/s1. The molecule has 17 heteroatoms. The molecule has 0 bridgehead atoms. The van der Waals surface area contributed by atoms with Gasteiger partial charge in [0.2, 0.25) is 17.7 Å². The van der Waals surface area contributed by atoms with Crippen LogP contribution >= 0.6 is 11.6 Å². The Morgan fingerprint density at radius 3 is 2.14 bits per heavy atom. The van der Waals surface area contributed by atoms with Crippen molar-refractivity contribution >= 4 is 52.8 Å². The number of carboxylic acid groups (broad SMARTS) is 1. The van der Waals surface area contributed by atoms with Gasteiger partial charge in [0.1, 0.15) is 6.04 Å². The number of alkyl halides is 3. The number of nitrogens with one attached hydrogen (secondary N) is 4. The van der Waals surface area contributed by atoms with Crippen LogP contribution in [0.15, 0.2) is 48.5 Å². The van der Waals surface area contributed by atoms with Gasteiger partial charge in [-0.2, -0.15) is 28.1 Å². The van der Waals surface area contributed by atoms with E-state index in [4.69, 9.17) is 16.3 Å². The highest BCUT2D eigenvalue weighted by atomic mass is 35.5. The second-order valence-electron chi connectivity index (χ2n) is 11.4. The van der Waals surface area contributed by atoms with E-state index in [0.29, 0.717) is 36.4 Å². The van der Waals surface area contributed by atoms with Crippen molar-refractivity contribution in [3.8, 4) is 6.01 Å². The third kappa shape index (κ3) is 10.8. The fraction of sp³-hybridized carbons (Fsp3) is 0.406. The van der Waals surface area contributed by atoms with Crippen molar-refractivity contribution in [2.24, 2.45) is 0 Å². The minimum Gasteiger partial charge on any atom is -0.480 e. The fourth-order valence-corrected chi connectivity index (χ4v) is 4.88. The van der Waals surface area contributed by atoms with Gasteiger partial charge in [0.05, 0.1) is 5.54 Å². The average Bonchev–Trinajstić information content (AvgIpc) is 3.84. The smallest absolute Gasteiger partial charge is 0.422 e. The molecule has 1 atom stereocenters. The van der Waals surface area contributed by atoms with Crippen LogP contribution in [0.4, 0.5) is 30.8 Å². The number of carbonyl (C=O) groups is 4. The normalized spacial score (nSPS) is 14.0. The zero-order chi connectivity index (χ0) is 35.8. The predicted octanol–water partition coefficient (Wildman–Crippen LogP) is 5.15. The van der Waals surface area contributed by atoms with Gasteiger partial charge in [0.25, 0.3) is 11.8 Å². The Hall–Kier alpha value is -4.99. The molecule has 1 aliphatic rings. The molecule has 0 spiro atoms. The van der Waals surface area contributed by atoms with E-state index in [9.17, 15) is 37.5 Å². The van der Waals surface area contributed by atoms with E-state index in [2.05, 4.69) is 36.2 Å². The molecule has 0 aliphatic heterocycles. The first-order valence-electron chi connectivity index (χ1n) is 15.4. The van der Waals surface area contributed by atoms with E-state index >= 15 is 0 Å². The summed E-state index contributed by atoms with van der Waals surface area (Å²) in [6, 6.07) is 10.5. The summed E-state index contributed by atoms with van der Waals surface area (Å²) < 4.78 is 43.5. The number of ether oxygens (including phenoxy) is 1. The zero-order valence-corrected chi connectivity index (χ0v) is 27.3. The van der Waals surface area contributed by atoms with Gasteiger partial charge in [0.15, 0.2) is 6.61 Å². The molecule has 49 heavy (non-hydrogen) atoms. The Morgan fingerprint density at radius 1 is 0.939 bits per heavy atom. The molecule has 1 aliphatic carbocycles. The number of Topliss-reactive ketones (excluding diaryl/α,β-unsaturated/α-hetero) is 1. The number of aliphatic carboxylic acids is 1. The van der Waals surface area contributed by atoms with Crippen molar-refractivity contribution < 1.29 is 42.2 Å². The van der Waals surface area contributed by atoms with Crippen LogP contribution in [0.1, 0.15) is 68.3 Å². The summed E-state index contributed by atoms with van der Waals surface area (Å²) in [4.78, 5) is 61.2. The van der Waals surface area contributed by atoms with Crippen LogP contribution in [0.5, 0.6) is 6.01 Å². The van der Waals surface area contributed by atoms with Crippen LogP contribution < -0.4 is 26.0 Å². The first-order valence-corrected chi connectivity index (χ1v) is 15.8. The number of halogens is 4. The summed E-state index contributed by atoms with van der Waals surface area (Å²) in [7, 11) is 0. The number of ketones is 1. The number of hydrogen-bond donors (Lipinski definition) is 5. The van der Waals surface area contributed by atoms with Gasteiger partial charge >= 0.3 is 18.2 Å². The molecule has 1 heterocycles. The van der Waals surface area contributed by atoms with E-state index in [-0.39, 0.29) is 36.3 Å². The largest absolute Gasteiger partial charge is 0.480 e. The molecule has 1 fully saturated rings. The van der Waals surface area contributed by atoms with Crippen molar-refractivity contribution in [2.45, 2.75) is 76.2 Å². The molecular formula is C32H35ClF3N7O6. The maximum Gasteiger partial charge on any atom is 0.422 e. The van der Waals surface area contributed by atoms with Crippen molar-refractivity contribution in [1.82, 2.24) is 25.6 Å². The number of anilines is 3. The molecule has 262 valence electrons. The Labute approximate surface area is 284 Å². The Kier molecular flexibility index (Phi) is 12.0. The Bertz CT molecular complexity index is 1650. The molecule has 13 nitrogen and oxygen atoms in total. The summed E-state index contributed by atoms with van der Waals surface area (Å²) >= 11 is 6.01. The average molecular weight is 706 g/mol.